The van der Waals surface area contributed by atoms with Gasteiger partial charge in [-0.1, -0.05) is 23.7 Å². The molecule has 0 unspecified atom stereocenters. The Morgan fingerprint density at radius 1 is 1.14 bits per heavy atom. The summed E-state index contributed by atoms with van der Waals surface area (Å²) in [7, 11) is 1.64. The molecule has 4 nitrogen and oxygen atoms in total. The second kappa shape index (κ2) is 5.58. The molecule has 21 heavy (non-hydrogen) atoms. The second-order valence-electron chi connectivity index (χ2n) is 4.70. The lowest BCUT2D eigenvalue weighted by molar-refractivity contribution is 0.415. The van der Waals surface area contributed by atoms with E-state index in [1.54, 1.807) is 7.11 Å². The lowest BCUT2D eigenvalue weighted by atomic mass is 10.1. The Kier molecular flexibility index (Phi) is 3.62. The average Bonchev–Trinajstić information content (AvgIpc) is 2.97. The minimum atomic E-state index is 0.637. The molecule has 3 aromatic rings. The van der Waals surface area contributed by atoms with Crippen molar-refractivity contribution in [3.05, 3.63) is 53.1 Å². The molecular weight excluding hydrogens is 286 g/mol. The second-order valence-corrected chi connectivity index (χ2v) is 5.14. The van der Waals surface area contributed by atoms with E-state index < -0.39 is 0 Å². The van der Waals surface area contributed by atoms with Crippen molar-refractivity contribution in [1.82, 2.24) is 15.2 Å². The molecule has 3 rings (SSSR count). The minimum absolute atomic E-state index is 0.637. The van der Waals surface area contributed by atoms with E-state index in [4.69, 9.17) is 16.3 Å². The topological polar surface area (TPSA) is 50.8 Å². The van der Waals surface area contributed by atoms with Crippen LogP contribution >= 0.6 is 11.6 Å². The van der Waals surface area contributed by atoms with Crippen LogP contribution in [0.3, 0.4) is 0 Å². The maximum absolute atomic E-state index is 5.98. The molecule has 0 radical (unpaired) electrons. The number of halogens is 1. The fraction of sp³-hybridized carbons (Fsp3) is 0.125. The summed E-state index contributed by atoms with van der Waals surface area (Å²) in [6.07, 6.45) is 0. The van der Waals surface area contributed by atoms with Crippen molar-refractivity contribution in [2.45, 2.75) is 6.92 Å². The molecule has 5 heteroatoms. The molecular formula is C16H14ClN3O. The predicted octanol–water partition coefficient (Wildman–Crippen LogP) is 4.11. The van der Waals surface area contributed by atoms with Crippen LogP contribution in [-0.2, 0) is 0 Å². The quantitative estimate of drug-likeness (QED) is 0.792. The fourth-order valence-electron chi connectivity index (χ4n) is 2.17. The number of aromatic amines is 1. The van der Waals surface area contributed by atoms with Crippen molar-refractivity contribution >= 4 is 11.6 Å². The normalized spacial score (nSPS) is 10.6. The molecule has 0 saturated heterocycles. The number of nitrogens with zero attached hydrogens (tertiary/aromatic N) is 2. The van der Waals surface area contributed by atoms with Crippen LogP contribution < -0.4 is 4.74 Å². The van der Waals surface area contributed by atoms with Crippen LogP contribution in [0.25, 0.3) is 22.8 Å². The molecule has 2 aromatic carbocycles. The van der Waals surface area contributed by atoms with Crippen LogP contribution in [0.15, 0.2) is 42.5 Å². The highest BCUT2D eigenvalue weighted by molar-refractivity contribution is 6.30. The van der Waals surface area contributed by atoms with E-state index in [1.165, 1.54) is 0 Å². The maximum atomic E-state index is 5.98. The van der Waals surface area contributed by atoms with Crippen molar-refractivity contribution < 1.29 is 4.74 Å². The number of hydrogen-bond acceptors (Lipinski definition) is 3. The van der Waals surface area contributed by atoms with Gasteiger partial charge in [-0.05, 0) is 42.8 Å². The van der Waals surface area contributed by atoms with Gasteiger partial charge in [0, 0.05) is 16.1 Å². The molecule has 0 amide bonds. The van der Waals surface area contributed by atoms with Gasteiger partial charge in [0.05, 0.1) is 7.11 Å². The van der Waals surface area contributed by atoms with Crippen LogP contribution in [0.2, 0.25) is 5.02 Å². The zero-order chi connectivity index (χ0) is 14.8. The molecule has 1 heterocycles. The first-order valence-corrected chi connectivity index (χ1v) is 6.88. The van der Waals surface area contributed by atoms with Crippen molar-refractivity contribution in [2.75, 3.05) is 7.11 Å². The third-order valence-electron chi connectivity index (χ3n) is 3.26. The van der Waals surface area contributed by atoms with E-state index in [1.807, 2.05) is 49.4 Å². The summed E-state index contributed by atoms with van der Waals surface area (Å²) in [5.74, 6) is 2.14. The van der Waals surface area contributed by atoms with Gasteiger partial charge in [-0.3, -0.25) is 5.10 Å². The summed E-state index contributed by atoms with van der Waals surface area (Å²) in [6.45, 7) is 1.99. The summed E-state index contributed by atoms with van der Waals surface area (Å²) in [6, 6.07) is 13.3. The number of methoxy groups -OCH3 is 1. The van der Waals surface area contributed by atoms with Crippen LogP contribution in [0, 0.1) is 6.92 Å². The summed E-state index contributed by atoms with van der Waals surface area (Å²) in [4.78, 5) is 4.55. The number of aromatic nitrogens is 3. The molecule has 0 saturated carbocycles. The smallest absolute Gasteiger partial charge is 0.181 e. The summed E-state index contributed by atoms with van der Waals surface area (Å²) >= 11 is 5.98. The zero-order valence-corrected chi connectivity index (χ0v) is 12.5. The molecule has 0 fully saturated rings. The van der Waals surface area contributed by atoms with Gasteiger partial charge in [0.1, 0.15) is 5.75 Å². The highest BCUT2D eigenvalue weighted by Gasteiger charge is 2.10. The Balaban J connectivity index is 1.99. The van der Waals surface area contributed by atoms with Gasteiger partial charge < -0.3 is 4.74 Å². The van der Waals surface area contributed by atoms with E-state index >= 15 is 0 Å². The van der Waals surface area contributed by atoms with Crippen molar-refractivity contribution in [1.29, 1.82) is 0 Å². The molecule has 106 valence electrons. The molecule has 0 atom stereocenters. The highest BCUT2D eigenvalue weighted by atomic mass is 35.5. The molecule has 0 aliphatic carbocycles. The Labute approximate surface area is 127 Å². The third-order valence-corrected chi connectivity index (χ3v) is 3.49. The summed E-state index contributed by atoms with van der Waals surface area (Å²) in [5.41, 5.74) is 2.94. The molecule has 0 aliphatic heterocycles. The van der Waals surface area contributed by atoms with Crippen LogP contribution in [0.5, 0.6) is 5.75 Å². The Morgan fingerprint density at radius 3 is 2.76 bits per heavy atom. The number of aryl methyl sites for hydroxylation is 1. The first-order chi connectivity index (χ1) is 10.2. The largest absolute Gasteiger partial charge is 0.497 e. The van der Waals surface area contributed by atoms with Gasteiger partial charge in [-0.15, -0.1) is 0 Å². The third kappa shape index (κ3) is 2.76. The number of benzene rings is 2. The number of hydrogen-bond donors (Lipinski definition) is 1. The minimum Gasteiger partial charge on any atom is -0.497 e. The van der Waals surface area contributed by atoms with E-state index in [9.17, 15) is 0 Å². The lowest BCUT2D eigenvalue weighted by Gasteiger charge is -2.02. The lowest BCUT2D eigenvalue weighted by Crippen LogP contribution is -1.86. The monoisotopic (exact) mass is 299 g/mol. The first-order valence-electron chi connectivity index (χ1n) is 6.51. The summed E-state index contributed by atoms with van der Waals surface area (Å²) < 4.78 is 5.22. The highest BCUT2D eigenvalue weighted by Crippen LogP contribution is 2.26. The van der Waals surface area contributed by atoms with Gasteiger partial charge in [0.15, 0.2) is 11.6 Å². The first kappa shape index (κ1) is 13.6. The van der Waals surface area contributed by atoms with Gasteiger partial charge >= 0.3 is 0 Å². The zero-order valence-electron chi connectivity index (χ0n) is 11.7. The Bertz CT molecular complexity index is 783. The molecule has 0 spiro atoms. The van der Waals surface area contributed by atoms with Crippen LogP contribution in [-0.4, -0.2) is 22.3 Å². The van der Waals surface area contributed by atoms with E-state index in [0.717, 1.165) is 28.3 Å². The van der Waals surface area contributed by atoms with E-state index in [2.05, 4.69) is 15.2 Å². The van der Waals surface area contributed by atoms with Gasteiger partial charge in [0.2, 0.25) is 0 Å². The summed E-state index contributed by atoms with van der Waals surface area (Å²) in [5, 5.41) is 7.96. The molecule has 0 aliphatic rings. The number of rotatable bonds is 3. The van der Waals surface area contributed by atoms with Crippen molar-refractivity contribution in [3.63, 3.8) is 0 Å². The maximum Gasteiger partial charge on any atom is 0.181 e. The standard InChI is InChI=1S/C16H14ClN3O/c1-10-8-12(17)6-7-14(10)16-18-15(19-20-16)11-4-3-5-13(9-11)21-2/h3-9H,1-2H3,(H,18,19,20). The number of nitrogens with one attached hydrogen (secondary N) is 1. The van der Waals surface area contributed by atoms with Crippen molar-refractivity contribution in [2.24, 2.45) is 0 Å². The fourth-order valence-corrected chi connectivity index (χ4v) is 2.39. The predicted molar refractivity (Wildman–Crippen MR) is 83.6 cm³/mol. The Morgan fingerprint density at radius 2 is 2.00 bits per heavy atom. The van der Waals surface area contributed by atoms with E-state index in [-0.39, 0.29) is 0 Å². The molecule has 1 N–H and O–H groups in total. The van der Waals surface area contributed by atoms with Crippen LogP contribution in [0.4, 0.5) is 0 Å². The van der Waals surface area contributed by atoms with Gasteiger partial charge in [-0.25, -0.2) is 4.98 Å². The number of H-pyrrole nitrogens is 1. The van der Waals surface area contributed by atoms with Crippen LogP contribution in [0.1, 0.15) is 5.56 Å². The van der Waals surface area contributed by atoms with Gasteiger partial charge in [-0.2, -0.15) is 5.10 Å². The Hall–Kier alpha value is -2.33. The van der Waals surface area contributed by atoms with Gasteiger partial charge in [0.25, 0.3) is 0 Å². The SMILES string of the molecule is COc1cccc(-c2n[nH]c(-c3ccc(Cl)cc3C)n2)c1. The number of ether oxygens (including phenoxy) is 1. The molecule has 1 aromatic heterocycles. The average molecular weight is 300 g/mol. The van der Waals surface area contributed by atoms with Crippen molar-refractivity contribution in [3.8, 4) is 28.5 Å². The molecule has 0 bridgehead atoms. The van der Waals surface area contributed by atoms with E-state index in [0.29, 0.717) is 10.8 Å².